The van der Waals surface area contributed by atoms with Gasteiger partial charge < -0.3 is 0 Å². The van der Waals surface area contributed by atoms with Crippen molar-refractivity contribution < 1.29 is 4.79 Å². The number of ketones is 1. The van der Waals surface area contributed by atoms with Gasteiger partial charge in [0.25, 0.3) is 0 Å². The first-order valence-corrected chi connectivity index (χ1v) is 7.11. The molecule has 2 aromatic rings. The summed E-state index contributed by atoms with van der Waals surface area (Å²) in [5.41, 5.74) is 1.00. The van der Waals surface area contributed by atoms with Crippen LogP contribution in [0, 0.1) is 0 Å². The highest BCUT2D eigenvalue weighted by atomic mass is 32.2. The first-order chi connectivity index (χ1) is 8.24. The number of para-hydroxylation sites is 1. The van der Waals surface area contributed by atoms with Gasteiger partial charge >= 0.3 is 0 Å². The average Bonchev–Trinajstić information content (AvgIpc) is 2.95. The molecule has 0 N–H and O–H groups in total. The fraction of sp³-hybridized carbons (Fsp3) is 0.250. The second kappa shape index (κ2) is 4.23. The summed E-state index contributed by atoms with van der Waals surface area (Å²) in [5.74, 6) is 0.884. The van der Waals surface area contributed by atoms with Gasteiger partial charge in [0, 0.05) is 5.75 Å². The number of thiazole rings is 1. The van der Waals surface area contributed by atoms with E-state index in [2.05, 4.69) is 16.0 Å². The zero-order valence-electron chi connectivity index (χ0n) is 9.21. The predicted molar refractivity (Wildman–Crippen MR) is 73.1 cm³/mol. The van der Waals surface area contributed by atoms with Gasteiger partial charge in [0.1, 0.15) is 16.1 Å². The molecule has 0 aliphatic carbocycles. The molecule has 17 heavy (non-hydrogen) atoms. The smallest absolute Gasteiger partial charge is 0.155 e. The summed E-state index contributed by atoms with van der Waals surface area (Å²) in [5, 5.41) is 1.84. The zero-order chi connectivity index (χ0) is 11.8. The van der Waals surface area contributed by atoms with Crippen molar-refractivity contribution in [3.05, 3.63) is 29.3 Å². The van der Waals surface area contributed by atoms with Gasteiger partial charge in [0.15, 0.2) is 5.78 Å². The van der Waals surface area contributed by atoms with Crippen LogP contribution in [-0.2, 0) is 4.79 Å². The van der Waals surface area contributed by atoms with Crippen LogP contribution in [-0.4, -0.2) is 27.6 Å². The molecule has 3 nitrogen and oxygen atoms in total. The Bertz CT molecular complexity index is 585. The summed E-state index contributed by atoms with van der Waals surface area (Å²) in [6, 6.07) is 7.86. The number of hydrogen-bond donors (Lipinski definition) is 0. The molecular weight excluding hydrogens is 252 g/mol. The molecule has 0 fully saturated rings. The molecule has 1 aliphatic heterocycles. The molecule has 0 amide bonds. The van der Waals surface area contributed by atoms with Crippen molar-refractivity contribution in [1.29, 1.82) is 0 Å². The molecule has 0 saturated heterocycles. The van der Waals surface area contributed by atoms with E-state index >= 15 is 0 Å². The molecule has 2 heterocycles. The van der Waals surface area contributed by atoms with E-state index in [9.17, 15) is 4.79 Å². The number of benzene rings is 1. The summed E-state index contributed by atoms with van der Waals surface area (Å²) >= 11 is 3.26. The Morgan fingerprint density at radius 3 is 2.94 bits per heavy atom. The van der Waals surface area contributed by atoms with E-state index in [1.165, 1.54) is 0 Å². The largest absolute Gasteiger partial charge is 0.298 e. The van der Waals surface area contributed by atoms with Crippen molar-refractivity contribution in [3.8, 4) is 0 Å². The first kappa shape index (κ1) is 10.9. The van der Waals surface area contributed by atoms with Gasteiger partial charge in [-0.15, -0.1) is 23.1 Å². The maximum Gasteiger partial charge on any atom is 0.155 e. The molecular formula is C12H10N2OS2. The van der Waals surface area contributed by atoms with Crippen LogP contribution >= 0.6 is 23.1 Å². The molecule has 86 valence electrons. The molecule has 5 heteroatoms. The van der Waals surface area contributed by atoms with Crippen LogP contribution in [0.15, 0.2) is 29.3 Å². The van der Waals surface area contributed by atoms with Crippen molar-refractivity contribution in [2.24, 2.45) is 4.99 Å². The highest BCUT2D eigenvalue weighted by molar-refractivity contribution is 8.15. The third-order valence-electron chi connectivity index (χ3n) is 2.60. The van der Waals surface area contributed by atoms with Crippen molar-refractivity contribution in [3.63, 3.8) is 0 Å². The van der Waals surface area contributed by atoms with E-state index < -0.39 is 0 Å². The number of carbonyl (C=O) groups is 1. The molecule has 3 rings (SSSR count). The minimum absolute atomic E-state index is 0.133. The quantitative estimate of drug-likeness (QED) is 0.835. The van der Waals surface area contributed by atoms with E-state index in [1.807, 2.05) is 18.2 Å². The van der Waals surface area contributed by atoms with Gasteiger partial charge in [0.2, 0.25) is 0 Å². The number of carbonyl (C=O) groups excluding carboxylic acids is 1. The summed E-state index contributed by atoms with van der Waals surface area (Å²) in [6.07, 6.45) is 0. The average molecular weight is 262 g/mol. The minimum Gasteiger partial charge on any atom is -0.298 e. The Morgan fingerprint density at radius 1 is 1.41 bits per heavy atom. The lowest BCUT2D eigenvalue weighted by Gasteiger charge is -1.95. The third-order valence-corrected chi connectivity index (χ3v) is 4.82. The topological polar surface area (TPSA) is 42.3 Å². The second-order valence-corrected chi connectivity index (χ2v) is 5.90. The van der Waals surface area contributed by atoms with Crippen molar-refractivity contribution in [1.82, 2.24) is 4.98 Å². The Kier molecular flexibility index (Phi) is 2.72. The van der Waals surface area contributed by atoms with Crippen molar-refractivity contribution >= 4 is 44.1 Å². The lowest BCUT2D eigenvalue weighted by molar-refractivity contribution is -0.117. The Morgan fingerprint density at radius 2 is 2.24 bits per heavy atom. The number of Topliss-reactive ketones (excluding diaryl/α,β-unsaturated/α-hetero) is 1. The third kappa shape index (κ3) is 2.00. The zero-order valence-corrected chi connectivity index (χ0v) is 10.8. The number of hydrogen-bond acceptors (Lipinski definition) is 5. The van der Waals surface area contributed by atoms with Crippen LogP contribution in [0.4, 0.5) is 0 Å². The van der Waals surface area contributed by atoms with Crippen LogP contribution in [0.3, 0.4) is 0 Å². The van der Waals surface area contributed by atoms with Crippen LogP contribution < -0.4 is 0 Å². The molecule has 0 bridgehead atoms. The Balaban J connectivity index is 1.99. The van der Waals surface area contributed by atoms with Gasteiger partial charge in [-0.25, -0.2) is 4.98 Å². The van der Waals surface area contributed by atoms with Gasteiger partial charge in [0.05, 0.1) is 10.2 Å². The molecule has 0 saturated carbocycles. The lowest BCUT2D eigenvalue weighted by atomic mass is 10.2. The van der Waals surface area contributed by atoms with E-state index in [0.29, 0.717) is 0 Å². The molecule has 0 unspecified atom stereocenters. The van der Waals surface area contributed by atoms with Crippen LogP contribution in [0.2, 0.25) is 0 Å². The standard InChI is InChI=1S/C12H10N2OS2/c1-7(15)9-6-16-11(14-9)12-13-8-4-2-3-5-10(8)17-12/h2-5,9H,6H2,1H3/t9-/m1/s1. The van der Waals surface area contributed by atoms with Crippen LogP contribution in [0.25, 0.3) is 10.2 Å². The fourth-order valence-corrected chi connectivity index (χ4v) is 3.82. The van der Waals surface area contributed by atoms with Crippen molar-refractivity contribution in [2.45, 2.75) is 13.0 Å². The SMILES string of the molecule is CC(=O)[C@H]1CSC(c2nc3ccccc3s2)=N1. The number of fused-ring (bicyclic) bond motifs is 1. The van der Waals surface area contributed by atoms with Gasteiger partial charge in [-0.1, -0.05) is 12.1 Å². The normalized spacial score (nSPS) is 19.6. The monoisotopic (exact) mass is 262 g/mol. The van der Waals surface area contributed by atoms with Crippen molar-refractivity contribution in [2.75, 3.05) is 5.75 Å². The Hall–Kier alpha value is -1.20. The van der Waals surface area contributed by atoms with Crippen LogP contribution in [0.1, 0.15) is 11.9 Å². The lowest BCUT2D eigenvalue weighted by Crippen LogP contribution is -2.14. The second-order valence-electron chi connectivity index (χ2n) is 3.86. The number of thioether (sulfide) groups is 1. The highest BCUT2D eigenvalue weighted by Gasteiger charge is 2.24. The summed E-state index contributed by atoms with van der Waals surface area (Å²) in [4.78, 5) is 20.2. The van der Waals surface area contributed by atoms with E-state index in [1.54, 1.807) is 30.0 Å². The molecule has 1 aromatic carbocycles. The molecule has 1 atom stereocenters. The molecule has 1 aliphatic rings. The summed E-state index contributed by atoms with van der Waals surface area (Å²) in [7, 11) is 0. The number of aliphatic imine (C=N–C) groups is 1. The van der Waals surface area contributed by atoms with E-state index in [-0.39, 0.29) is 11.8 Å². The number of nitrogens with zero attached hydrogens (tertiary/aromatic N) is 2. The number of aromatic nitrogens is 1. The Labute approximate surface area is 107 Å². The number of rotatable bonds is 2. The maximum absolute atomic E-state index is 11.3. The van der Waals surface area contributed by atoms with Gasteiger partial charge in [-0.2, -0.15) is 0 Å². The predicted octanol–water partition coefficient (Wildman–Crippen LogP) is 2.75. The summed E-state index contributed by atoms with van der Waals surface area (Å²) < 4.78 is 1.16. The summed E-state index contributed by atoms with van der Waals surface area (Å²) in [6.45, 7) is 1.59. The van der Waals surface area contributed by atoms with E-state index in [4.69, 9.17) is 0 Å². The molecule has 0 radical (unpaired) electrons. The van der Waals surface area contributed by atoms with E-state index in [0.717, 1.165) is 26.0 Å². The molecule has 0 spiro atoms. The first-order valence-electron chi connectivity index (χ1n) is 5.31. The van der Waals surface area contributed by atoms with Gasteiger partial charge in [-0.05, 0) is 19.1 Å². The highest BCUT2D eigenvalue weighted by Crippen LogP contribution is 2.29. The fourth-order valence-electron chi connectivity index (χ4n) is 1.66. The minimum atomic E-state index is -0.179. The van der Waals surface area contributed by atoms with Gasteiger partial charge in [-0.3, -0.25) is 9.79 Å². The maximum atomic E-state index is 11.3. The van der Waals surface area contributed by atoms with Crippen LogP contribution in [0.5, 0.6) is 0 Å². The molecule has 1 aromatic heterocycles.